The van der Waals surface area contributed by atoms with Crippen LogP contribution in [0.4, 0.5) is 0 Å². The maximum absolute atomic E-state index is 13.0. The Morgan fingerprint density at radius 3 is 1.30 bits per heavy atom. The minimum atomic E-state index is -1.48. The molecule has 2 unspecified atom stereocenters. The molecule has 2 bridgehead atoms. The topological polar surface area (TPSA) is 379 Å². The van der Waals surface area contributed by atoms with Crippen molar-refractivity contribution in [2.45, 2.75) is 118 Å². The minimum Gasteiger partial charge on any atom is -0.480 e. The first-order chi connectivity index (χ1) is 32.8. The first-order valence-corrected chi connectivity index (χ1v) is 23.8. The molecule has 0 aromatic carbocycles. The van der Waals surface area contributed by atoms with E-state index in [1.165, 1.54) is 0 Å². The van der Waals surface area contributed by atoms with E-state index in [1.54, 1.807) is 28.0 Å². The van der Waals surface area contributed by atoms with Crippen molar-refractivity contribution in [3.8, 4) is 0 Å². The van der Waals surface area contributed by atoms with Crippen LogP contribution in [-0.4, -0.2) is 261 Å². The van der Waals surface area contributed by atoms with E-state index in [2.05, 4.69) is 36.8 Å². The number of carbonyl (C=O) groups is 2. The average Bonchev–Trinajstić information content (AvgIpc) is 3.30. The molecule has 4 aliphatic heterocycles. The van der Waals surface area contributed by atoms with Crippen molar-refractivity contribution in [2.75, 3.05) is 72.2 Å². The molecule has 3 fully saturated rings. The molecule has 0 aliphatic carbocycles. The summed E-state index contributed by atoms with van der Waals surface area (Å²) >= 11 is 16.1. The molecule has 4 aliphatic rings. The van der Waals surface area contributed by atoms with Gasteiger partial charge in [0.2, 0.25) is 0 Å². The number of aliphatic hydroxyl groups is 9. The Hall–Kier alpha value is -2.92. The molecule has 0 amide bonds. The van der Waals surface area contributed by atoms with Crippen LogP contribution in [0, 0.1) is 0 Å². The van der Waals surface area contributed by atoms with Crippen molar-refractivity contribution in [1.82, 2.24) is 51.6 Å². The van der Waals surface area contributed by atoms with Crippen LogP contribution >= 0.6 is 36.7 Å². The summed E-state index contributed by atoms with van der Waals surface area (Å²) in [5.74, 6) is -2.21. The van der Waals surface area contributed by atoms with E-state index >= 15 is 0 Å². The fourth-order valence-electron chi connectivity index (χ4n) is 8.10. The summed E-state index contributed by atoms with van der Waals surface area (Å²) in [6, 6.07) is 3.18. The molecule has 397 valence electrons. The molecule has 5 rings (SSSR count). The van der Waals surface area contributed by atoms with Crippen LogP contribution in [0.3, 0.4) is 0 Å². The van der Waals surface area contributed by atoms with Crippen molar-refractivity contribution in [2.24, 2.45) is 0 Å². The van der Waals surface area contributed by atoms with Crippen molar-refractivity contribution in [3.05, 3.63) is 29.6 Å². The van der Waals surface area contributed by atoms with Crippen LogP contribution in [0.1, 0.15) is 30.7 Å². The molecular weight excluding hydrogens is 1030 g/mol. The van der Waals surface area contributed by atoms with Gasteiger partial charge in [-0.2, -0.15) is 0 Å². The Morgan fingerprint density at radius 2 is 0.943 bits per heavy atom. The SMILES string of the molecule is O=C(O)C(CCNC(=S)N[C@H]1OC[C@@H](O)[C@@H](O)[C@@H]1O)N1CCN(CCCNC(=S)N[C@H]2OC[C@@H](O)[C@@H](O)[C@@H]2O)CCN(C(CCNC(=S)N[C@H]2OC[C@@H](O)[C@@H](O)[C@@H]2O)C(=O)O)Cc2cccc(n2)C1.[Mn]. The number of ether oxygens (including phenoxy) is 3. The van der Waals surface area contributed by atoms with E-state index in [4.69, 9.17) is 55.8 Å². The molecule has 3 saturated heterocycles. The number of aliphatic carboxylic acids is 2. The molecule has 1 aromatic heterocycles. The third-order valence-electron chi connectivity index (χ3n) is 12.1. The number of thiocarbonyl (C=S) groups is 3. The summed E-state index contributed by atoms with van der Waals surface area (Å²) in [4.78, 5) is 36.4. The van der Waals surface area contributed by atoms with E-state index in [9.17, 15) is 65.8 Å². The van der Waals surface area contributed by atoms with Gasteiger partial charge >= 0.3 is 11.9 Å². The third kappa shape index (κ3) is 17.6. The van der Waals surface area contributed by atoms with Gasteiger partial charge in [-0.25, -0.2) is 0 Å². The molecule has 0 saturated carbocycles. The number of nitrogens with one attached hydrogen (secondary N) is 6. The first-order valence-electron chi connectivity index (χ1n) is 22.5. The van der Waals surface area contributed by atoms with Gasteiger partial charge in [0.15, 0.2) is 34.0 Å². The monoisotopic (exact) mass is 1090 g/mol. The van der Waals surface area contributed by atoms with Crippen molar-refractivity contribution in [3.63, 3.8) is 0 Å². The largest absolute Gasteiger partial charge is 0.480 e. The summed E-state index contributed by atoms with van der Waals surface area (Å²) in [6.07, 6.45) is -15.2. The van der Waals surface area contributed by atoms with Crippen molar-refractivity contribution in [1.29, 1.82) is 0 Å². The van der Waals surface area contributed by atoms with Gasteiger partial charge in [-0.1, -0.05) is 6.07 Å². The van der Waals surface area contributed by atoms with E-state index in [1.807, 2.05) is 0 Å². The molecule has 26 nitrogen and oxygen atoms in total. The fourth-order valence-corrected chi connectivity index (χ4v) is 8.76. The molecule has 17 N–H and O–H groups in total. The molecule has 0 spiro atoms. The predicted octanol–water partition coefficient (Wildman–Crippen LogP) is -7.22. The minimum absolute atomic E-state index is 0. The van der Waals surface area contributed by atoms with Gasteiger partial charge in [0.05, 0.1) is 31.2 Å². The number of aliphatic hydroxyl groups excluding tert-OH is 9. The second kappa shape index (κ2) is 29.1. The van der Waals surface area contributed by atoms with Gasteiger partial charge in [-0.15, -0.1) is 0 Å². The fraction of sp³-hybridized carbons (Fsp3) is 0.750. The molecule has 1 aromatic rings. The molecule has 14 atom stereocenters. The smallest absolute Gasteiger partial charge is 0.320 e. The van der Waals surface area contributed by atoms with Gasteiger partial charge in [-0.3, -0.25) is 24.4 Å². The number of fused-ring (bicyclic) bond motifs is 2. The molecule has 1 radical (unpaired) electrons. The van der Waals surface area contributed by atoms with Gasteiger partial charge < -0.3 is 107 Å². The second-order valence-corrected chi connectivity index (χ2v) is 18.4. The summed E-state index contributed by atoms with van der Waals surface area (Å²) in [5.41, 5.74) is 1.07. The Bertz CT molecular complexity index is 1770. The third-order valence-corrected chi connectivity index (χ3v) is 12.9. The number of carboxylic acids is 2. The van der Waals surface area contributed by atoms with Crippen LogP contribution in [0.25, 0.3) is 0 Å². The van der Waals surface area contributed by atoms with Crippen molar-refractivity contribution >= 4 is 63.9 Å². The van der Waals surface area contributed by atoms with Crippen LogP contribution in [-0.2, 0) is 54.0 Å². The van der Waals surface area contributed by atoms with Gasteiger partial charge in [0.25, 0.3) is 0 Å². The van der Waals surface area contributed by atoms with E-state index in [-0.39, 0.29) is 104 Å². The number of pyridine rings is 1. The van der Waals surface area contributed by atoms with Crippen LogP contribution in [0.15, 0.2) is 18.2 Å². The van der Waals surface area contributed by atoms with Crippen LogP contribution in [0.2, 0.25) is 0 Å². The molecule has 30 heteroatoms. The summed E-state index contributed by atoms with van der Waals surface area (Å²) in [7, 11) is 0. The van der Waals surface area contributed by atoms with E-state index in [0.717, 1.165) is 0 Å². The number of nitrogens with zero attached hydrogens (tertiary/aromatic N) is 4. The summed E-state index contributed by atoms with van der Waals surface area (Å²) in [5, 5.41) is 129. The number of carboxylic acid groups (broad SMARTS) is 2. The molecule has 70 heavy (non-hydrogen) atoms. The van der Waals surface area contributed by atoms with Gasteiger partial charge in [0.1, 0.15) is 67.0 Å². The Balaban J connectivity index is 0.0000107. The van der Waals surface area contributed by atoms with Gasteiger partial charge in [0, 0.05) is 76.0 Å². The zero-order valence-corrected chi connectivity index (χ0v) is 41.6. The second-order valence-electron chi connectivity index (χ2n) is 17.1. The quantitative estimate of drug-likeness (QED) is 0.0391. The summed E-state index contributed by atoms with van der Waals surface area (Å²) in [6.45, 7) is 1.59. The number of rotatable bonds is 17. The Labute approximate surface area is 430 Å². The Morgan fingerprint density at radius 1 is 0.586 bits per heavy atom. The molecular formula is C40H66MnN10O16S3. The standard InChI is InChI=1S/C40H66N10O16S3.Mn/c51-24-17-64-33(30(57)27(24)54)45-38(67)41-7-2-10-48-11-13-49(22(36(60)61)5-8-42-39(68)46-34-31(58)28(55)25(52)18-65-34)15-20-3-1-4-21(44-20)16-50(14-12-48)23(37(62)63)6-9-43-40(69)47-35-32(59)29(56)26(53)19-66-35;/h1,3-4,22-35,51-59H,2,5-19H2,(H,60,61)(H,62,63)(H2,41,45,67)(H2,42,46,68)(H2,43,47,69);/t22?,23?,24-,25-,26-,27-,28-,29-,30+,31+,32+,33+,34+,35+;/m1./s1. The maximum Gasteiger partial charge on any atom is 0.320 e. The van der Waals surface area contributed by atoms with Crippen molar-refractivity contribution < 1.29 is 97.0 Å². The zero-order chi connectivity index (χ0) is 50.4. The number of hydrogen-bond donors (Lipinski definition) is 17. The summed E-state index contributed by atoms with van der Waals surface area (Å²) < 4.78 is 16.1. The van der Waals surface area contributed by atoms with E-state index < -0.39 is 97.6 Å². The zero-order valence-electron chi connectivity index (χ0n) is 38.0. The number of aromatic nitrogens is 1. The average molecular weight is 1090 g/mol. The number of hydrogen-bond acceptors (Lipinski definition) is 21. The maximum atomic E-state index is 13.0. The first kappa shape index (κ1) is 59.6. The Kier molecular flexibility index (Phi) is 24.8. The van der Waals surface area contributed by atoms with Crippen LogP contribution in [0.5, 0.6) is 0 Å². The predicted molar refractivity (Wildman–Crippen MR) is 253 cm³/mol. The van der Waals surface area contributed by atoms with Crippen LogP contribution < -0.4 is 31.9 Å². The van der Waals surface area contributed by atoms with E-state index in [0.29, 0.717) is 44.0 Å². The molecule has 5 heterocycles. The normalized spacial score (nSPS) is 31.2. The van der Waals surface area contributed by atoms with Gasteiger partial charge in [-0.05, 0) is 74.6 Å².